The summed E-state index contributed by atoms with van der Waals surface area (Å²) in [4.78, 5) is 0. The second-order valence-corrected chi connectivity index (χ2v) is 5.58. The summed E-state index contributed by atoms with van der Waals surface area (Å²) in [5, 5.41) is 0. The topological polar surface area (TPSA) is 9.23 Å². The van der Waals surface area contributed by atoms with Gasteiger partial charge in [-0.3, -0.25) is 0 Å². The number of hydrogen-bond donors (Lipinski definition) is 0. The Balaban J connectivity index is 3.66. The molecule has 0 bridgehead atoms. The van der Waals surface area contributed by atoms with Crippen LogP contribution in [-0.4, -0.2) is 18.0 Å². The zero-order chi connectivity index (χ0) is 17.6. The minimum Gasteiger partial charge on any atom is -0.462 e. The standard InChI is InChI=1S/C13H12F8O/c1-10(2,3)11(12(16,17)18,13(19,20)21)22-9-7(14)5-4-6-8(9)15/h4-6H,1-3H3. The molecule has 0 N–H and O–H groups in total. The molecule has 0 aliphatic heterocycles. The molecule has 0 aliphatic carbocycles. The van der Waals surface area contributed by atoms with Crippen molar-refractivity contribution in [2.24, 2.45) is 5.41 Å². The van der Waals surface area contributed by atoms with E-state index in [1.165, 1.54) is 0 Å². The van der Waals surface area contributed by atoms with E-state index in [2.05, 4.69) is 4.74 Å². The number of alkyl halides is 6. The third-order valence-electron chi connectivity index (χ3n) is 3.03. The molecular weight excluding hydrogens is 324 g/mol. The average molecular weight is 336 g/mol. The Morgan fingerprint density at radius 2 is 1.14 bits per heavy atom. The first kappa shape index (κ1) is 18.5. The van der Waals surface area contributed by atoms with Gasteiger partial charge < -0.3 is 4.74 Å². The Labute approximate surface area is 120 Å². The predicted molar refractivity (Wildman–Crippen MR) is 61.3 cm³/mol. The van der Waals surface area contributed by atoms with Crippen LogP contribution in [-0.2, 0) is 0 Å². The van der Waals surface area contributed by atoms with Crippen LogP contribution >= 0.6 is 0 Å². The Bertz CT molecular complexity index is 482. The Kier molecular flexibility index (Phi) is 4.44. The van der Waals surface area contributed by atoms with E-state index in [1.54, 1.807) is 0 Å². The van der Waals surface area contributed by atoms with Crippen molar-refractivity contribution < 1.29 is 39.9 Å². The van der Waals surface area contributed by atoms with E-state index >= 15 is 0 Å². The maximum Gasteiger partial charge on any atom is 0.438 e. The van der Waals surface area contributed by atoms with Crippen molar-refractivity contribution >= 4 is 0 Å². The summed E-state index contributed by atoms with van der Waals surface area (Å²) in [6, 6.07) is 1.79. The highest BCUT2D eigenvalue weighted by molar-refractivity contribution is 5.28. The van der Waals surface area contributed by atoms with Crippen LogP contribution in [0, 0.1) is 17.0 Å². The van der Waals surface area contributed by atoms with Gasteiger partial charge in [-0.25, -0.2) is 8.78 Å². The van der Waals surface area contributed by atoms with Gasteiger partial charge in [0, 0.05) is 5.41 Å². The van der Waals surface area contributed by atoms with Crippen molar-refractivity contribution in [2.75, 3.05) is 0 Å². The number of hydrogen-bond acceptors (Lipinski definition) is 1. The third kappa shape index (κ3) is 2.85. The lowest BCUT2D eigenvalue weighted by molar-refractivity contribution is -0.387. The van der Waals surface area contributed by atoms with Crippen molar-refractivity contribution in [1.82, 2.24) is 0 Å². The summed E-state index contributed by atoms with van der Waals surface area (Å²) in [6.45, 7) is 1.85. The molecule has 0 atom stereocenters. The van der Waals surface area contributed by atoms with E-state index < -0.39 is 40.8 Å². The maximum absolute atomic E-state index is 13.4. The maximum atomic E-state index is 13.4. The molecule has 1 aromatic rings. The van der Waals surface area contributed by atoms with Gasteiger partial charge >= 0.3 is 18.0 Å². The number of rotatable bonds is 2. The van der Waals surface area contributed by atoms with Crippen molar-refractivity contribution in [2.45, 2.75) is 38.7 Å². The lowest BCUT2D eigenvalue weighted by Crippen LogP contribution is -2.68. The van der Waals surface area contributed by atoms with E-state index in [-0.39, 0.29) is 0 Å². The van der Waals surface area contributed by atoms with E-state index in [9.17, 15) is 35.1 Å². The molecule has 0 heterocycles. The van der Waals surface area contributed by atoms with Crippen LogP contribution < -0.4 is 4.74 Å². The molecule has 1 aromatic carbocycles. The molecule has 126 valence electrons. The van der Waals surface area contributed by atoms with Crippen molar-refractivity contribution in [3.05, 3.63) is 29.8 Å². The molecule has 0 spiro atoms. The SMILES string of the molecule is CC(C)(C)C(Oc1c(F)cccc1F)(C(F)(F)F)C(F)(F)F. The second kappa shape index (κ2) is 5.27. The fourth-order valence-electron chi connectivity index (χ4n) is 2.01. The lowest BCUT2D eigenvalue weighted by Gasteiger charge is -2.45. The highest BCUT2D eigenvalue weighted by Crippen LogP contribution is 2.55. The molecule has 0 radical (unpaired) electrons. The van der Waals surface area contributed by atoms with Crippen molar-refractivity contribution in [1.29, 1.82) is 0 Å². The smallest absolute Gasteiger partial charge is 0.438 e. The van der Waals surface area contributed by atoms with Gasteiger partial charge in [-0.15, -0.1) is 0 Å². The Morgan fingerprint density at radius 3 is 1.41 bits per heavy atom. The largest absolute Gasteiger partial charge is 0.462 e. The minimum atomic E-state index is -5.96. The van der Waals surface area contributed by atoms with E-state index in [0.717, 1.165) is 6.07 Å². The molecule has 0 unspecified atom stereocenters. The summed E-state index contributed by atoms with van der Waals surface area (Å²) in [7, 11) is 0. The molecule has 0 saturated heterocycles. The Hall–Kier alpha value is -1.54. The molecule has 9 heteroatoms. The van der Waals surface area contributed by atoms with Crippen molar-refractivity contribution in [3.63, 3.8) is 0 Å². The fraction of sp³-hybridized carbons (Fsp3) is 0.538. The summed E-state index contributed by atoms with van der Waals surface area (Å²) in [6.07, 6.45) is -11.9. The molecule has 22 heavy (non-hydrogen) atoms. The van der Waals surface area contributed by atoms with E-state index in [1.807, 2.05) is 0 Å². The van der Waals surface area contributed by atoms with Crippen molar-refractivity contribution in [3.8, 4) is 5.75 Å². The number of para-hydroxylation sites is 1. The first-order valence-electron chi connectivity index (χ1n) is 5.91. The van der Waals surface area contributed by atoms with Gasteiger partial charge in [0.25, 0.3) is 0 Å². The lowest BCUT2D eigenvalue weighted by atomic mass is 9.75. The van der Waals surface area contributed by atoms with Gasteiger partial charge in [0.05, 0.1) is 0 Å². The summed E-state index contributed by atoms with van der Waals surface area (Å²) < 4.78 is 110. The number of halogens is 8. The van der Waals surface area contributed by atoms with Gasteiger partial charge in [0.15, 0.2) is 17.4 Å². The zero-order valence-corrected chi connectivity index (χ0v) is 11.7. The number of benzene rings is 1. The minimum absolute atomic E-state index is 0.499. The highest BCUT2D eigenvalue weighted by atomic mass is 19.4. The highest BCUT2D eigenvalue weighted by Gasteiger charge is 2.78. The van der Waals surface area contributed by atoms with Gasteiger partial charge in [0.1, 0.15) is 0 Å². The molecular formula is C13H12F8O. The number of ether oxygens (including phenoxy) is 1. The van der Waals surface area contributed by atoms with Gasteiger partial charge in [-0.1, -0.05) is 26.8 Å². The normalized spacial score (nSPS) is 14.1. The molecule has 0 aliphatic rings. The van der Waals surface area contributed by atoms with Gasteiger partial charge in [-0.2, -0.15) is 26.3 Å². The molecule has 0 amide bonds. The van der Waals surface area contributed by atoms with Crippen LogP contribution in [0.15, 0.2) is 18.2 Å². The first-order chi connectivity index (χ1) is 9.65. The molecule has 0 saturated carbocycles. The van der Waals surface area contributed by atoms with Crippen LogP contribution in [0.5, 0.6) is 5.75 Å². The van der Waals surface area contributed by atoms with Crippen LogP contribution in [0.3, 0.4) is 0 Å². The van der Waals surface area contributed by atoms with E-state index in [0.29, 0.717) is 32.9 Å². The quantitative estimate of drug-likeness (QED) is 0.670. The van der Waals surface area contributed by atoms with Gasteiger partial charge in [-0.05, 0) is 12.1 Å². The summed E-state index contributed by atoms with van der Waals surface area (Å²) >= 11 is 0. The summed E-state index contributed by atoms with van der Waals surface area (Å²) in [5.41, 5.74) is -7.37. The van der Waals surface area contributed by atoms with Crippen LogP contribution in [0.4, 0.5) is 35.1 Å². The van der Waals surface area contributed by atoms with E-state index in [4.69, 9.17) is 0 Å². The summed E-state index contributed by atoms with van der Waals surface area (Å²) in [5.74, 6) is -5.06. The van der Waals surface area contributed by atoms with Crippen LogP contribution in [0.25, 0.3) is 0 Å². The molecule has 0 fully saturated rings. The Morgan fingerprint density at radius 1 is 0.773 bits per heavy atom. The monoisotopic (exact) mass is 336 g/mol. The fourth-order valence-corrected chi connectivity index (χ4v) is 2.01. The molecule has 0 aromatic heterocycles. The molecule has 1 rings (SSSR count). The molecule has 1 nitrogen and oxygen atoms in total. The zero-order valence-electron chi connectivity index (χ0n) is 11.7. The average Bonchev–Trinajstić information content (AvgIpc) is 2.22. The predicted octanol–water partition coefficient (Wildman–Crippen LogP) is 5.25. The van der Waals surface area contributed by atoms with Crippen LogP contribution in [0.2, 0.25) is 0 Å². The third-order valence-corrected chi connectivity index (χ3v) is 3.03. The van der Waals surface area contributed by atoms with Gasteiger partial charge in [0.2, 0.25) is 0 Å². The first-order valence-corrected chi connectivity index (χ1v) is 5.91. The second-order valence-electron chi connectivity index (χ2n) is 5.58. The van der Waals surface area contributed by atoms with Crippen LogP contribution in [0.1, 0.15) is 20.8 Å².